The maximum atomic E-state index is 13.6. The van der Waals surface area contributed by atoms with Gasteiger partial charge in [0.2, 0.25) is 0 Å². The van der Waals surface area contributed by atoms with E-state index in [1.165, 1.54) is 12.7 Å². The number of rotatable bonds is 13. The van der Waals surface area contributed by atoms with Gasteiger partial charge in [0.05, 0.1) is 45.1 Å². The third-order valence-corrected chi connectivity index (χ3v) is 12.8. The van der Waals surface area contributed by atoms with Crippen molar-refractivity contribution < 1.29 is 28.2 Å². The zero-order chi connectivity index (χ0) is 27.8. The zero-order valence-corrected chi connectivity index (χ0v) is 25.6. The van der Waals surface area contributed by atoms with Gasteiger partial charge in [-0.2, -0.15) is 0 Å². The molecule has 1 amide bonds. The monoisotopic (exact) mass is 550 g/mol. The Morgan fingerprint density at radius 2 is 1.82 bits per heavy atom. The van der Waals surface area contributed by atoms with Crippen LogP contribution in [0.25, 0.3) is 0 Å². The molecule has 0 radical (unpaired) electrons. The minimum absolute atomic E-state index is 0.0257. The van der Waals surface area contributed by atoms with Crippen molar-refractivity contribution in [1.82, 2.24) is 10.0 Å². The van der Waals surface area contributed by atoms with E-state index >= 15 is 0 Å². The van der Waals surface area contributed by atoms with E-state index in [4.69, 9.17) is 23.4 Å². The minimum atomic E-state index is -2.18. The molecule has 0 bridgehead atoms. The highest BCUT2D eigenvalue weighted by Gasteiger charge is 2.45. The van der Waals surface area contributed by atoms with Crippen LogP contribution in [-0.2, 0) is 29.8 Å². The molecule has 0 N–H and O–H groups in total. The Morgan fingerprint density at radius 1 is 1.13 bits per heavy atom. The van der Waals surface area contributed by atoms with E-state index in [0.717, 1.165) is 45.1 Å². The molecule has 2 aliphatic rings. The quantitative estimate of drug-likeness (QED) is 0.295. The highest BCUT2D eigenvalue weighted by Crippen LogP contribution is 2.39. The van der Waals surface area contributed by atoms with Gasteiger partial charge in [-0.1, -0.05) is 51.1 Å². The van der Waals surface area contributed by atoms with Gasteiger partial charge in [-0.15, -0.1) is 0 Å². The Morgan fingerprint density at radius 3 is 2.42 bits per heavy atom. The van der Waals surface area contributed by atoms with Gasteiger partial charge >= 0.3 is 6.09 Å². The first-order valence-corrected chi connectivity index (χ1v) is 17.1. The maximum absolute atomic E-state index is 13.6. The highest BCUT2D eigenvalue weighted by atomic mass is 28.4. The normalized spacial score (nSPS) is 21.0. The maximum Gasteiger partial charge on any atom is 0.424 e. The molecule has 38 heavy (non-hydrogen) atoms. The summed E-state index contributed by atoms with van der Waals surface area (Å²) in [6, 6.07) is 10.4. The third-order valence-electron chi connectivity index (χ3n) is 8.29. The Bertz CT molecular complexity index is 843. The number of ether oxygens (including phenoxy) is 4. The molecule has 3 atom stereocenters. The molecule has 8 nitrogen and oxygen atoms in total. The lowest BCUT2D eigenvalue weighted by Crippen LogP contribution is -2.60. The largest absolute Gasteiger partial charge is 0.452 e. The molecule has 2 aliphatic heterocycles. The second kappa shape index (κ2) is 14.2. The Kier molecular flexibility index (Phi) is 11.6. The predicted molar refractivity (Wildman–Crippen MR) is 151 cm³/mol. The Hall–Kier alpha value is -1.49. The molecule has 1 aromatic carbocycles. The molecule has 0 spiro atoms. The standard InChI is InChI=1S/C29H50N2O6Si/c1-29(2,3)38(6,7)37-26(17-18-27-35-20-21-36-27)25(16-15-23-12-9-8-10-13-23)31(28(32)34-5)30-19-11-14-24(30)22-33-4/h8-10,12-13,24-27H,11,14-22H2,1-7H3/t24-,25+,26-/m0/s1. The Balaban J connectivity index is 1.99. The van der Waals surface area contributed by atoms with Crippen molar-refractivity contribution in [2.24, 2.45) is 0 Å². The van der Waals surface area contributed by atoms with Crippen molar-refractivity contribution in [2.75, 3.05) is 40.6 Å². The number of aryl methyl sites for hydroxylation is 1. The number of hydrazine groups is 1. The summed E-state index contributed by atoms with van der Waals surface area (Å²) in [5.41, 5.74) is 1.24. The van der Waals surface area contributed by atoms with Crippen LogP contribution >= 0.6 is 0 Å². The van der Waals surface area contributed by atoms with Crippen molar-refractivity contribution >= 4 is 14.4 Å². The lowest BCUT2D eigenvalue weighted by molar-refractivity contribution is -0.103. The summed E-state index contributed by atoms with van der Waals surface area (Å²) < 4.78 is 29.7. The van der Waals surface area contributed by atoms with Crippen molar-refractivity contribution in [3.05, 3.63) is 35.9 Å². The van der Waals surface area contributed by atoms with Crippen LogP contribution in [0.2, 0.25) is 18.1 Å². The van der Waals surface area contributed by atoms with Crippen molar-refractivity contribution in [3.8, 4) is 0 Å². The van der Waals surface area contributed by atoms with Gasteiger partial charge in [0, 0.05) is 20.1 Å². The number of carbonyl (C=O) groups excluding carboxylic acids is 1. The first-order chi connectivity index (χ1) is 18.1. The fourth-order valence-corrected chi connectivity index (χ4v) is 6.56. The summed E-state index contributed by atoms with van der Waals surface area (Å²) in [5.74, 6) is 0. The fraction of sp³-hybridized carbons (Fsp3) is 0.759. The predicted octanol–water partition coefficient (Wildman–Crippen LogP) is 5.63. The summed E-state index contributed by atoms with van der Waals surface area (Å²) in [6.45, 7) is 13.9. The van der Waals surface area contributed by atoms with E-state index in [9.17, 15) is 4.79 Å². The van der Waals surface area contributed by atoms with E-state index in [1.807, 2.05) is 11.1 Å². The van der Waals surface area contributed by atoms with Crippen LogP contribution < -0.4 is 0 Å². The molecule has 0 aromatic heterocycles. The summed E-state index contributed by atoms with van der Waals surface area (Å²) >= 11 is 0. The average Bonchev–Trinajstić information content (AvgIpc) is 3.56. The van der Waals surface area contributed by atoms with Crippen LogP contribution in [-0.4, -0.2) is 89.5 Å². The molecule has 2 saturated heterocycles. The van der Waals surface area contributed by atoms with Crippen LogP contribution in [0.5, 0.6) is 0 Å². The van der Waals surface area contributed by atoms with Gasteiger partial charge in [0.1, 0.15) is 0 Å². The minimum Gasteiger partial charge on any atom is -0.452 e. The van der Waals surface area contributed by atoms with E-state index in [0.29, 0.717) is 19.8 Å². The molecular formula is C29H50N2O6Si. The summed E-state index contributed by atoms with van der Waals surface area (Å²) in [5, 5.41) is 4.07. The third kappa shape index (κ3) is 8.25. The van der Waals surface area contributed by atoms with Gasteiger partial charge in [-0.25, -0.2) is 14.8 Å². The first kappa shape index (κ1) is 31.0. The van der Waals surface area contributed by atoms with E-state index < -0.39 is 8.32 Å². The SMILES string of the molecule is COC[C@@H]1CCCN1N(C(=O)OC)[C@H](CCc1ccccc1)[C@H](CCC1OCCO1)O[Si](C)(C)C(C)(C)C. The topological polar surface area (TPSA) is 69.7 Å². The van der Waals surface area contributed by atoms with E-state index in [1.54, 1.807) is 7.11 Å². The average molecular weight is 551 g/mol. The molecule has 3 rings (SSSR count). The van der Waals surface area contributed by atoms with Gasteiger partial charge < -0.3 is 23.4 Å². The number of methoxy groups -OCH3 is 2. The summed E-state index contributed by atoms with van der Waals surface area (Å²) in [4.78, 5) is 13.6. The molecule has 216 valence electrons. The number of nitrogens with zero attached hydrogens (tertiary/aromatic N) is 2. The number of hydrogen-bond acceptors (Lipinski definition) is 7. The van der Waals surface area contributed by atoms with Crippen molar-refractivity contribution in [2.45, 2.75) is 102 Å². The van der Waals surface area contributed by atoms with Crippen LogP contribution in [0.15, 0.2) is 30.3 Å². The summed E-state index contributed by atoms with van der Waals surface area (Å²) in [7, 11) is 1.00. The zero-order valence-electron chi connectivity index (χ0n) is 24.6. The molecular weight excluding hydrogens is 500 g/mol. The van der Waals surface area contributed by atoms with Crippen molar-refractivity contribution in [3.63, 3.8) is 0 Å². The second-order valence-corrected chi connectivity index (χ2v) is 16.7. The number of amides is 1. The highest BCUT2D eigenvalue weighted by molar-refractivity contribution is 6.74. The molecule has 0 unspecified atom stereocenters. The molecule has 0 aliphatic carbocycles. The number of benzene rings is 1. The molecule has 1 aromatic rings. The molecule has 9 heteroatoms. The first-order valence-electron chi connectivity index (χ1n) is 14.1. The van der Waals surface area contributed by atoms with E-state index in [-0.39, 0.29) is 35.6 Å². The summed E-state index contributed by atoms with van der Waals surface area (Å²) in [6.07, 6.45) is 4.24. The van der Waals surface area contributed by atoms with E-state index in [2.05, 4.69) is 63.1 Å². The van der Waals surface area contributed by atoms with Gasteiger partial charge in [-0.05, 0) is 55.8 Å². The molecule has 2 heterocycles. The van der Waals surface area contributed by atoms with Gasteiger partial charge in [-0.3, -0.25) is 0 Å². The number of carbonyl (C=O) groups is 1. The van der Waals surface area contributed by atoms with Crippen LogP contribution in [0.1, 0.15) is 58.4 Å². The van der Waals surface area contributed by atoms with Gasteiger partial charge in [0.25, 0.3) is 0 Å². The Labute approximate surface area is 231 Å². The molecule has 0 saturated carbocycles. The van der Waals surface area contributed by atoms with Crippen molar-refractivity contribution in [1.29, 1.82) is 0 Å². The fourth-order valence-electron chi connectivity index (χ4n) is 5.17. The van der Waals surface area contributed by atoms with Crippen LogP contribution in [0.3, 0.4) is 0 Å². The lowest BCUT2D eigenvalue weighted by Gasteiger charge is -2.47. The molecule has 2 fully saturated rings. The lowest BCUT2D eigenvalue weighted by atomic mass is 9.97. The van der Waals surface area contributed by atoms with Crippen LogP contribution in [0, 0.1) is 0 Å². The smallest absolute Gasteiger partial charge is 0.424 e. The van der Waals surface area contributed by atoms with Crippen LogP contribution in [0.4, 0.5) is 4.79 Å². The number of hydrogen-bond donors (Lipinski definition) is 0. The van der Waals surface area contributed by atoms with Gasteiger partial charge in [0.15, 0.2) is 14.6 Å². The second-order valence-electron chi connectivity index (χ2n) is 12.0.